The Balaban J connectivity index is 1.42. The van der Waals surface area contributed by atoms with Crippen LogP contribution in [0.3, 0.4) is 0 Å². The fourth-order valence-corrected chi connectivity index (χ4v) is 3.97. The van der Waals surface area contributed by atoms with Gasteiger partial charge >= 0.3 is 5.97 Å². The smallest absolute Gasteiger partial charge is 0.337 e. The van der Waals surface area contributed by atoms with Crippen LogP contribution in [0, 0.1) is 13.8 Å². The Morgan fingerprint density at radius 3 is 2.59 bits per heavy atom. The van der Waals surface area contributed by atoms with E-state index < -0.39 is 0 Å². The third-order valence-electron chi connectivity index (χ3n) is 5.62. The quantitative estimate of drug-likeness (QED) is 0.243. The lowest BCUT2D eigenvalue weighted by molar-refractivity contribution is -0.119. The van der Waals surface area contributed by atoms with Gasteiger partial charge < -0.3 is 14.6 Å². The topological polar surface area (TPSA) is 84.7 Å². The summed E-state index contributed by atoms with van der Waals surface area (Å²) < 4.78 is 6.85. The van der Waals surface area contributed by atoms with E-state index in [2.05, 4.69) is 15.8 Å². The summed E-state index contributed by atoms with van der Waals surface area (Å²) in [7, 11) is 1.36. The fraction of sp³-hybridized carbons (Fsp3) is 0.148. The van der Waals surface area contributed by atoms with Crippen LogP contribution in [0.15, 0.2) is 77.9 Å². The van der Waals surface area contributed by atoms with Crippen molar-refractivity contribution in [3.8, 4) is 5.69 Å². The van der Waals surface area contributed by atoms with Crippen LogP contribution in [-0.4, -0.2) is 36.3 Å². The van der Waals surface area contributed by atoms with E-state index in [9.17, 15) is 9.59 Å². The van der Waals surface area contributed by atoms with Crippen molar-refractivity contribution in [2.24, 2.45) is 5.10 Å². The third kappa shape index (κ3) is 4.83. The standard InChI is InChI=1S/C27H26N4O3/c1-18-14-22(19(2)31(18)23-11-6-10-21(15-23)27(33)34-3)16-29-30-26(32)17-28-25-13-7-9-20-8-4-5-12-24(20)25/h4-16,28H,17H2,1-3H3,(H,30,32)/b29-16-. The van der Waals surface area contributed by atoms with Crippen LogP contribution in [-0.2, 0) is 9.53 Å². The number of carbonyl (C=O) groups is 2. The van der Waals surface area contributed by atoms with Gasteiger partial charge in [-0.2, -0.15) is 5.10 Å². The minimum atomic E-state index is -0.383. The van der Waals surface area contributed by atoms with Gasteiger partial charge in [-0.15, -0.1) is 0 Å². The number of benzene rings is 3. The molecule has 3 aromatic carbocycles. The summed E-state index contributed by atoms with van der Waals surface area (Å²) in [6.45, 7) is 4.04. The summed E-state index contributed by atoms with van der Waals surface area (Å²) in [6, 6.07) is 23.2. The molecule has 0 fully saturated rings. The number of hydrazone groups is 1. The third-order valence-corrected chi connectivity index (χ3v) is 5.62. The van der Waals surface area contributed by atoms with Gasteiger partial charge in [0.2, 0.25) is 0 Å². The number of amides is 1. The molecule has 1 amide bonds. The minimum Gasteiger partial charge on any atom is -0.465 e. The first-order chi connectivity index (χ1) is 16.5. The predicted octanol–water partition coefficient (Wildman–Crippen LogP) is 4.60. The maximum atomic E-state index is 12.3. The highest BCUT2D eigenvalue weighted by molar-refractivity contribution is 5.95. The highest BCUT2D eigenvalue weighted by Gasteiger charge is 2.12. The molecular weight excluding hydrogens is 428 g/mol. The average Bonchev–Trinajstić information content (AvgIpc) is 3.14. The summed E-state index contributed by atoms with van der Waals surface area (Å²) in [6.07, 6.45) is 1.62. The lowest BCUT2D eigenvalue weighted by Gasteiger charge is -2.11. The van der Waals surface area contributed by atoms with Crippen LogP contribution in [0.1, 0.15) is 27.3 Å². The molecule has 172 valence electrons. The predicted molar refractivity (Wildman–Crippen MR) is 135 cm³/mol. The number of hydrogen-bond donors (Lipinski definition) is 2. The molecule has 7 nitrogen and oxygen atoms in total. The number of methoxy groups -OCH3 is 1. The van der Waals surface area contributed by atoms with E-state index in [0.29, 0.717) is 5.56 Å². The Hall–Kier alpha value is -4.39. The molecule has 4 rings (SSSR count). The molecule has 0 aliphatic carbocycles. The first-order valence-electron chi connectivity index (χ1n) is 10.9. The lowest BCUT2D eigenvalue weighted by Crippen LogP contribution is -2.25. The van der Waals surface area contributed by atoms with Crippen LogP contribution in [0.5, 0.6) is 0 Å². The summed E-state index contributed by atoms with van der Waals surface area (Å²) in [5.41, 5.74) is 7.58. The normalized spacial score (nSPS) is 11.0. The molecule has 0 radical (unpaired) electrons. The monoisotopic (exact) mass is 454 g/mol. The number of hydrogen-bond acceptors (Lipinski definition) is 5. The van der Waals surface area contributed by atoms with E-state index in [1.54, 1.807) is 18.3 Å². The Labute approximate surface area is 198 Å². The van der Waals surface area contributed by atoms with Gasteiger partial charge in [0, 0.05) is 33.7 Å². The van der Waals surface area contributed by atoms with Crippen molar-refractivity contribution in [2.75, 3.05) is 19.0 Å². The highest BCUT2D eigenvalue weighted by Crippen LogP contribution is 2.23. The number of carbonyl (C=O) groups excluding carboxylic acids is 2. The number of esters is 1. The van der Waals surface area contributed by atoms with Crippen molar-refractivity contribution >= 4 is 34.6 Å². The summed E-state index contributed by atoms with van der Waals surface area (Å²) >= 11 is 0. The van der Waals surface area contributed by atoms with Gasteiger partial charge in [-0.05, 0) is 49.6 Å². The summed E-state index contributed by atoms with van der Waals surface area (Å²) in [4.78, 5) is 24.2. The molecule has 0 spiro atoms. The Morgan fingerprint density at radius 1 is 1.00 bits per heavy atom. The molecule has 0 aliphatic heterocycles. The Morgan fingerprint density at radius 2 is 1.76 bits per heavy atom. The molecule has 34 heavy (non-hydrogen) atoms. The van der Waals surface area contributed by atoms with Crippen molar-refractivity contribution < 1.29 is 14.3 Å². The van der Waals surface area contributed by atoms with Crippen molar-refractivity contribution in [3.05, 3.63) is 95.3 Å². The van der Waals surface area contributed by atoms with Crippen molar-refractivity contribution in [3.63, 3.8) is 0 Å². The molecule has 2 N–H and O–H groups in total. The molecule has 0 saturated carbocycles. The molecule has 0 unspecified atom stereocenters. The number of aryl methyl sites for hydroxylation is 1. The Bertz CT molecular complexity index is 1380. The zero-order valence-corrected chi connectivity index (χ0v) is 19.3. The van der Waals surface area contributed by atoms with Crippen molar-refractivity contribution in [1.29, 1.82) is 0 Å². The van der Waals surface area contributed by atoms with Gasteiger partial charge in [-0.3, -0.25) is 4.79 Å². The summed E-state index contributed by atoms with van der Waals surface area (Å²) in [5, 5.41) is 9.48. The van der Waals surface area contributed by atoms with Gasteiger partial charge in [-0.1, -0.05) is 42.5 Å². The largest absolute Gasteiger partial charge is 0.465 e. The molecule has 7 heteroatoms. The van der Waals surface area contributed by atoms with E-state index in [1.807, 2.05) is 79.1 Å². The lowest BCUT2D eigenvalue weighted by atomic mass is 10.1. The SMILES string of the molecule is COC(=O)c1cccc(-n2c(C)cc(/C=N\NC(=O)CNc3cccc4ccccc34)c2C)c1. The van der Waals surface area contributed by atoms with Gasteiger partial charge in [0.1, 0.15) is 0 Å². The van der Waals surface area contributed by atoms with Gasteiger partial charge in [-0.25, -0.2) is 10.2 Å². The number of nitrogens with zero attached hydrogens (tertiary/aromatic N) is 2. The summed E-state index contributed by atoms with van der Waals surface area (Å²) in [5.74, 6) is -0.630. The first-order valence-corrected chi connectivity index (χ1v) is 10.9. The van der Waals surface area contributed by atoms with Crippen molar-refractivity contribution in [2.45, 2.75) is 13.8 Å². The zero-order chi connectivity index (χ0) is 24.1. The zero-order valence-electron chi connectivity index (χ0n) is 19.3. The second kappa shape index (κ2) is 10.0. The highest BCUT2D eigenvalue weighted by atomic mass is 16.5. The average molecular weight is 455 g/mol. The van der Waals surface area contributed by atoms with E-state index in [0.717, 1.165) is 39.1 Å². The molecule has 0 bridgehead atoms. The molecule has 1 heterocycles. The number of fused-ring (bicyclic) bond motifs is 1. The number of aromatic nitrogens is 1. The molecule has 1 aromatic heterocycles. The Kier molecular flexibility index (Phi) is 6.73. The number of nitrogens with one attached hydrogen (secondary N) is 2. The van der Waals surface area contributed by atoms with Crippen LogP contribution in [0.4, 0.5) is 5.69 Å². The minimum absolute atomic E-state index is 0.102. The van der Waals surface area contributed by atoms with Crippen LogP contribution < -0.4 is 10.7 Å². The van der Waals surface area contributed by atoms with Crippen LogP contribution in [0.2, 0.25) is 0 Å². The van der Waals surface area contributed by atoms with Gasteiger partial charge in [0.05, 0.1) is 25.4 Å². The molecule has 0 saturated heterocycles. The van der Waals surface area contributed by atoms with E-state index in [4.69, 9.17) is 4.74 Å². The molecule has 0 aliphatic rings. The van der Waals surface area contributed by atoms with E-state index >= 15 is 0 Å². The van der Waals surface area contributed by atoms with Crippen LogP contribution >= 0.6 is 0 Å². The van der Waals surface area contributed by atoms with Gasteiger partial charge in [0.15, 0.2) is 0 Å². The maximum Gasteiger partial charge on any atom is 0.337 e. The van der Waals surface area contributed by atoms with Gasteiger partial charge in [0.25, 0.3) is 5.91 Å². The number of rotatable bonds is 7. The van der Waals surface area contributed by atoms with E-state index in [-0.39, 0.29) is 18.4 Å². The van der Waals surface area contributed by atoms with Crippen LogP contribution in [0.25, 0.3) is 16.5 Å². The number of ether oxygens (including phenoxy) is 1. The fourth-order valence-electron chi connectivity index (χ4n) is 3.97. The molecule has 4 aromatic rings. The second-order valence-corrected chi connectivity index (χ2v) is 7.88. The number of anilines is 1. The maximum absolute atomic E-state index is 12.3. The molecular formula is C27H26N4O3. The first kappa shape index (κ1) is 22.8. The van der Waals surface area contributed by atoms with Crippen molar-refractivity contribution in [1.82, 2.24) is 9.99 Å². The second-order valence-electron chi connectivity index (χ2n) is 7.88. The molecule has 0 atom stereocenters. The van der Waals surface area contributed by atoms with E-state index in [1.165, 1.54) is 7.11 Å².